The zero-order valence-corrected chi connectivity index (χ0v) is 11.2. The van der Waals surface area contributed by atoms with Crippen molar-refractivity contribution in [3.8, 4) is 0 Å². The van der Waals surface area contributed by atoms with Crippen LogP contribution in [0.25, 0.3) is 0 Å². The van der Waals surface area contributed by atoms with E-state index < -0.39 is 17.5 Å². The number of benzene rings is 1. The summed E-state index contributed by atoms with van der Waals surface area (Å²) in [6.45, 7) is 1.24. The van der Waals surface area contributed by atoms with E-state index in [9.17, 15) is 13.6 Å². The van der Waals surface area contributed by atoms with Crippen LogP contribution in [0.5, 0.6) is 0 Å². The molecule has 1 aromatic rings. The monoisotopic (exact) mass is 280 g/mol. The van der Waals surface area contributed by atoms with Crippen LogP contribution in [-0.4, -0.2) is 29.9 Å². The van der Waals surface area contributed by atoms with Crippen LogP contribution < -0.4 is 5.73 Å². The predicted molar refractivity (Wildman–Crippen MR) is 71.1 cm³/mol. The number of amides is 1. The van der Waals surface area contributed by atoms with Gasteiger partial charge in [0.2, 0.25) is 0 Å². The second kappa shape index (κ2) is 5.13. The molecule has 0 aromatic heterocycles. The molecule has 108 valence electrons. The van der Waals surface area contributed by atoms with Crippen LogP contribution in [0.1, 0.15) is 29.6 Å². The molecule has 1 saturated heterocycles. The summed E-state index contributed by atoms with van der Waals surface area (Å²) in [6.07, 6.45) is 2.92. The van der Waals surface area contributed by atoms with Crippen molar-refractivity contribution in [2.24, 2.45) is 17.6 Å². The Bertz CT molecular complexity index is 535. The third-order valence-electron chi connectivity index (χ3n) is 4.56. The van der Waals surface area contributed by atoms with Crippen LogP contribution >= 0.6 is 0 Å². The van der Waals surface area contributed by atoms with Gasteiger partial charge >= 0.3 is 0 Å². The quantitative estimate of drug-likeness (QED) is 0.857. The number of rotatable bonds is 1. The molecule has 20 heavy (non-hydrogen) atoms. The van der Waals surface area contributed by atoms with Crippen LogP contribution in [0.15, 0.2) is 18.2 Å². The lowest BCUT2D eigenvalue weighted by Crippen LogP contribution is -2.32. The number of hydrogen-bond donors (Lipinski definition) is 1. The molecule has 1 heterocycles. The fourth-order valence-electron chi connectivity index (χ4n) is 3.47. The minimum atomic E-state index is -1.05. The summed E-state index contributed by atoms with van der Waals surface area (Å²) in [6, 6.07) is 3.94. The van der Waals surface area contributed by atoms with E-state index in [2.05, 4.69) is 0 Å². The van der Waals surface area contributed by atoms with Crippen molar-refractivity contribution < 1.29 is 13.6 Å². The van der Waals surface area contributed by atoms with Crippen molar-refractivity contribution >= 4 is 5.91 Å². The molecular formula is C15H18F2N2O. The first-order valence-electron chi connectivity index (χ1n) is 7.05. The number of carbonyl (C=O) groups excluding carboxylic acids is 1. The highest BCUT2D eigenvalue weighted by molar-refractivity contribution is 5.94. The maximum absolute atomic E-state index is 13.7. The number of carbonyl (C=O) groups is 1. The molecule has 5 heteroatoms. The first-order chi connectivity index (χ1) is 9.56. The molecule has 0 spiro atoms. The molecule has 3 nitrogen and oxygen atoms in total. The summed E-state index contributed by atoms with van der Waals surface area (Å²) >= 11 is 0. The normalized spacial score (nSPS) is 29.4. The molecule has 1 aliphatic heterocycles. The molecular weight excluding hydrogens is 262 g/mol. The van der Waals surface area contributed by atoms with Crippen molar-refractivity contribution in [1.29, 1.82) is 0 Å². The van der Waals surface area contributed by atoms with Crippen molar-refractivity contribution in [3.05, 3.63) is 35.4 Å². The summed E-state index contributed by atoms with van der Waals surface area (Å²) in [5.41, 5.74) is 5.78. The highest BCUT2D eigenvalue weighted by Gasteiger charge is 2.39. The molecule has 2 aliphatic rings. The summed E-state index contributed by atoms with van der Waals surface area (Å²) in [4.78, 5) is 14.0. The highest BCUT2D eigenvalue weighted by atomic mass is 19.2. The Morgan fingerprint density at radius 1 is 1.20 bits per heavy atom. The maximum Gasteiger partial charge on any atom is 0.256 e. The molecule has 2 N–H and O–H groups in total. The van der Waals surface area contributed by atoms with E-state index in [-0.39, 0.29) is 11.6 Å². The van der Waals surface area contributed by atoms with Crippen molar-refractivity contribution in [3.63, 3.8) is 0 Å². The van der Waals surface area contributed by atoms with Gasteiger partial charge in [0.15, 0.2) is 11.6 Å². The smallest absolute Gasteiger partial charge is 0.256 e. The second-order valence-corrected chi connectivity index (χ2v) is 5.90. The lowest BCUT2D eigenvalue weighted by molar-refractivity contribution is 0.0778. The van der Waals surface area contributed by atoms with Crippen LogP contribution in [0.2, 0.25) is 0 Å². The molecule has 1 saturated carbocycles. The van der Waals surface area contributed by atoms with E-state index >= 15 is 0 Å². The second-order valence-electron chi connectivity index (χ2n) is 5.90. The molecule has 0 radical (unpaired) electrons. The predicted octanol–water partition coefficient (Wildman–Crippen LogP) is 2.16. The van der Waals surface area contributed by atoms with Gasteiger partial charge in [-0.1, -0.05) is 6.07 Å². The summed E-state index contributed by atoms with van der Waals surface area (Å²) in [5.74, 6) is -1.58. The molecule has 1 aliphatic carbocycles. The average molecular weight is 280 g/mol. The van der Waals surface area contributed by atoms with Gasteiger partial charge in [0.25, 0.3) is 5.91 Å². The van der Waals surface area contributed by atoms with Crippen molar-refractivity contribution in [2.45, 2.75) is 25.3 Å². The largest absolute Gasteiger partial charge is 0.338 e. The van der Waals surface area contributed by atoms with Gasteiger partial charge in [-0.05, 0) is 43.2 Å². The van der Waals surface area contributed by atoms with E-state index in [1.54, 1.807) is 4.90 Å². The van der Waals surface area contributed by atoms with Gasteiger partial charge in [0, 0.05) is 19.1 Å². The van der Waals surface area contributed by atoms with Crippen molar-refractivity contribution in [2.75, 3.05) is 13.1 Å². The maximum atomic E-state index is 13.7. The third-order valence-corrected chi connectivity index (χ3v) is 4.56. The fourth-order valence-corrected chi connectivity index (χ4v) is 3.47. The third kappa shape index (κ3) is 2.30. The van der Waals surface area contributed by atoms with Gasteiger partial charge < -0.3 is 10.6 Å². The Hall–Kier alpha value is -1.49. The Balaban J connectivity index is 1.77. The summed E-state index contributed by atoms with van der Waals surface area (Å²) < 4.78 is 26.9. The number of halogens is 2. The first-order valence-corrected chi connectivity index (χ1v) is 7.05. The van der Waals surface area contributed by atoms with Gasteiger partial charge in [-0.2, -0.15) is 0 Å². The number of hydrogen-bond acceptors (Lipinski definition) is 2. The SMILES string of the molecule is NC1CC[C@@H]2CN(C(=O)c3cccc(F)c3F)C[C@@H]2C1. The zero-order chi connectivity index (χ0) is 14.3. The van der Waals surface area contributed by atoms with Crippen molar-refractivity contribution in [1.82, 2.24) is 4.90 Å². The lowest BCUT2D eigenvalue weighted by Gasteiger charge is -2.27. The van der Waals surface area contributed by atoms with E-state index in [0.717, 1.165) is 25.3 Å². The Morgan fingerprint density at radius 3 is 2.75 bits per heavy atom. The first kappa shape index (κ1) is 13.5. The molecule has 1 aromatic carbocycles. The summed E-state index contributed by atoms with van der Waals surface area (Å²) in [5, 5.41) is 0. The number of nitrogens with two attached hydrogens (primary N) is 1. The van der Waals surface area contributed by atoms with E-state index in [1.165, 1.54) is 12.1 Å². The molecule has 1 unspecified atom stereocenters. The Kier molecular flexibility index (Phi) is 3.46. The van der Waals surface area contributed by atoms with E-state index in [4.69, 9.17) is 5.73 Å². The topological polar surface area (TPSA) is 46.3 Å². The zero-order valence-electron chi connectivity index (χ0n) is 11.2. The minimum Gasteiger partial charge on any atom is -0.338 e. The van der Waals surface area contributed by atoms with E-state index in [0.29, 0.717) is 24.9 Å². The molecule has 1 amide bonds. The number of fused-ring (bicyclic) bond motifs is 1. The Morgan fingerprint density at radius 2 is 1.95 bits per heavy atom. The number of likely N-dealkylation sites (tertiary alicyclic amines) is 1. The minimum absolute atomic E-state index is 0.173. The molecule has 3 rings (SSSR count). The van der Waals surface area contributed by atoms with Crippen LogP contribution in [-0.2, 0) is 0 Å². The standard InChI is InChI=1S/C15H18F2N2O/c16-13-3-1-2-12(14(13)17)15(20)19-7-9-4-5-11(18)6-10(9)8-19/h1-3,9-11H,4-8,18H2/t9-,10+,11?/m1/s1. The van der Waals surface area contributed by atoms with Gasteiger partial charge in [0.1, 0.15) is 0 Å². The molecule has 3 atom stereocenters. The number of nitrogens with zero attached hydrogens (tertiary/aromatic N) is 1. The summed E-state index contributed by atoms with van der Waals surface area (Å²) in [7, 11) is 0. The van der Waals surface area contributed by atoms with Gasteiger partial charge in [-0.15, -0.1) is 0 Å². The van der Waals surface area contributed by atoms with Gasteiger partial charge in [-0.25, -0.2) is 8.78 Å². The molecule has 0 bridgehead atoms. The van der Waals surface area contributed by atoms with Gasteiger partial charge in [-0.3, -0.25) is 4.79 Å². The lowest BCUT2D eigenvalue weighted by atomic mass is 9.79. The van der Waals surface area contributed by atoms with Crippen LogP contribution in [0.4, 0.5) is 8.78 Å². The van der Waals surface area contributed by atoms with Crippen LogP contribution in [0, 0.1) is 23.5 Å². The Labute approximate surface area is 116 Å². The van der Waals surface area contributed by atoms with Gasteiger partial charge in [0.05, 0.1) is 5.56 Å². The highest BCUT2D eigenvalue weighted by Crippen LogP contribution is 2.36. The van der Waals surface area contributed by atoms with E-state index in [1.807, 2.05) is 0 Å². The molecule has 2 fully saturated rings. The van der Waals surface area contributed by atoms with Crippen LogP contribution in [0.3, 0.4) is 0 Å². The fraction of sp³-hybridized carbons (Fsp3) is 0.533. The average Bonchev–Trinajstić information content (AvgIpc) is 2.84.